The molecule has 0 radical (unpaired) electrons. The quantitative estimate of drug-likeness (QED) is 0.323. The Hall–Kier alpha value is -4.50. The number of carbonyl (C=O) groups is 4. The molecule has 1 heterocycles. The van der Waals surface area contributed by atoms with E-state index in [0.717, 1.165) is 6.92 Å². The van der Waals surface area contributed by atoms with Gasteiger partial charge in [-0.2, -0.15) is 0 Å². The van der Waals surface area contributed by atoms with Crippen LogP contribution in [0.2, 0.25) is 0 Å². The average molecular weight is 519 g/mol. The van der Waals surface area contributed by atoms with Gasteiger partial charge in [0.1, 0.15) is 12.2 Å². The number of hydrogen-bond acceptors (Lipinski definition) is 9. The standard InChI is InChI=1S/C29H26O9/c1-18(34-26(31)20-12-6-3-7-13-20)23-24(36-27(32)21-14-8-4-9-15-21)25(29(38-23)35-19(2)30)37-28(33)22-16-10-5-11-17-22/h3-18,23-25,29H,1-2H3/t18-,23+,24+,25+,29+/m0/s1. The number of ether oxygens (including phenoxy) is 5. The molecule has 38 heavy (non-hydrogen) atoms. The van der Waals surface area contributed by atoms with E-state index in [1.165, 1.54) is 0 Å². The van der Waals surface area contributed by atoms with Crippen LogP contribution in [0.4, 0.5) is 0 Å². The predicted octanol–water partition coefficient (Wildman–Crippen LogP) is 3.97. The molecule has 0 aliphatic carbocycles. The molecule has 3 aromatic carbocycles. The smallest absolute Gasteiger partial charge is 0.338 e. The van der Waals surface area contributed by atoms with E-state index in [9.17, 15) is 19.2 Å². The van der Waals surface area contributed by atoms with Crippen LogP contribution >= 0.6 is 0 Å². The van der Waals surface area contributed by atoms with Crippen LogP contribution in [0.1, 0.15) is 44.9 Å². The molecule has 0 spiro atoms. The van der Waals surface area contributed by atoms with Gasteiger partial charge in [0.2, 0.25) is 12.4 Å². The van der Waals surface area contributed by atoms with Crippen LogP contribution in [0, 0.1) is 0 Å². The SMILES string of the molecule is CC(=O)O[C@@H]1O[C@H]([C@H](C)OC(=O)c2ccccc2)[C@@H](OC(=O)c2ccccc2)[C@H]1OC(=O)c1ccccc1. The van der Waals surface area contributed by atoms with Crippen molar-refractivity contribution < 1.29 is 42.9 Å². The lowest BCUT2D eigenvalue weighted by molar-refractivity contribution is -0.191. The van der Waals surface area contributed by atoms with Gasteiger partial charge in [0.05, 0.1) is 16.7 Å². The molecule has 1 fully saturated rings. The van der Waals surface area contributed by atoms with Gasteiger partial charge in [-0.05, 0) is 43.3 Å². The summed E-state index contributed by atoms with van der Waals surface area (Å²) in [5.41, 5.74) is 0.775. The fourth-order valence-corrected chi connectivity index (χ4v) is 3.95. The molecule has 196 valence electrons. The van der Waals surface area contributed by atoms with Crippen molar-refractivity contribution in [3.8, 4) is 0 Å². The Kier molecular flexibility index (Phi) is 8.50. The molecule has 0 aromatic heterocycles. The third kappa shape index (κ3) is 6.43. The molecule has 5 atom stereocenters. The first-order valence-electron chi connectivity index (χ1n) is 11.9. The average Bonchev–Trinajstić information content (AvgIpc) is 3.25. The summed E-state index contributed by atoms with van der Waals surface area (Å²) >= 11 is 0. The molecular formula is C29H26O9. The summed E-state index contributed by atoms with van der Waals surface area (Å²) in [6.07, 6.45) is -6.17. The summed E-state index contributed by atoms with van der Waals surface area (Å²) in [5.74, 6) is -2.82. The van der Waals surface area contributed by atoms with Gasteiger partial charge >= 0.3 is 23.9 Å². The fourth-order valence-electron chi connectivity index (χ4n) is 3.95. The van der Waals surface area contributed by atoms with E-state index < -0.39 is 54.6 Å². The first-order chi connectivity index (χ1) is 18.3. The van der Waals surface area contributed by atoms with Gasteiger partial charge in [-0.15, -0.1) is 0 Å². The molecule has 1 aliphatic heterocycles. The van der Waals surface area contributed by atoms with E-state index in [2.05, 4.69) is 0 Å². The summed E-state index contributed by atoms with van der Waals surface area (Å²) in [6.45, 7) is 2.71. The second-order valence-electron chi connectivity index (χ2n) is 8.53. The molecular weight excluding hydrogens is 492 g/mol. The van der Waals surface area contributed by atoms with E-state index in [0.29, 0.717) is 5.56 Å². The van der Waals surface area contributed by atoms with E-state index >= 15 is 0 Å². The number of benzene rings is 3. The Bertz CT molecular complexity index is 1260. The zero-order valence-electron chi connectivity index (χ0n) is 20.7. The highest BCUT2D eigenvalue weighted by molar-refractivity contribution is 5.91. The molecule has 0 unspecified atom stereocenters. The van der Waals surface area contributed by atoms with Crippen molar-refractivity contribution in [2.75, 3.05) is 0 Å². The van der Waals surface area contributed by atoms with E-state index in [1.54, 1.807) is 97.9 Å². The first-order valence-corrected chi connectivity index (χ1v) is 11.9. The maximum Gasteiger partial charge on any atom is 0.338 e. The Balaban J connectivity index is 1.63. The molecule has 0 saturated carbocycles. The summed E-state index contributed by atoms with van der Waals surface area (Å²) in [4.78, 5) is 50.5. The zero-order chi connectivity index (χ0) is 27.1. The summed E-state index contributed by atoms with van der Waals surface area (Å²) < 4.78 is 28.2. The summed E-state index contributed by atoms with van der Waals surface area (Å²) in [6, 6.07) is 24.6. The van der Waals surface area contributed by atoms with Gasteiger partial charge < -0.3 is 23.7 Å². The monoisotopic (exact) mass is 518 g/mol. The van der Waals surface area contributed by atoms with Crippen molar-refractivity contribution in [2.45, 2.75) is 44.6 Å². The van der Waals surface area contributed by atoms with Gasteiger partial charge in [-0.3, -0.25) is 4.79 Å². The van der Waals surface area contributed by atoms with Gasteiger partial charge in [0, 0.05) is 6.92 Å². The van der Waals surface area contributed by atoms with Crippen molar-refractivity contribution in [1.82, 2.24) is 0 Å². The molecule has 9 heteroatoms. The third-order valence-corrected chi connectivity index (χ3v) is 5.76. The molecule has 0 N–H and O–H groups in total. The number of carbonyl (C=O) groups excluding carboxylic acids is 4. The Morgan fingerprint density at radius 1 is 0.632 bits per heavy atom. The second kappa shape index (κ2) is 12.2. The van der Waals surface area contributed by atoms with E-state index in [4.69, 9.17) is 23.7 Å². The number of rotatable bonds is 8. The molecule has 0 bridgehead atoms. The van der Waals surface area contributed by atoms with Crippen molar-refractivity contribution >= 4 is 23.9 Å². The van der Waals surface area contributed by atoms with Crippen LogP contribution in [0.5, 0.6) is 0 Å². The van der Waals surface area contributed by atoms with Crippen LogP contribution in [-0.2, 0) is 28.5 Å². The highest BCUT2D eigenvalue weighted by Gasteiger charge is 2.54. The normalized spacial score (nSPS) is 21.1. The van der Waals surface area contributed by atoms with E-state index in [-0.39, 0.29) is 11.1 Å². The Morgan fingerprint density at radius 3 is 1.50 bits per heavy atom. The lowest BCUT2D eigenvalue weighted by Crippen LogP contribution is -2.45. The fraction of sp³-hybridized carbons (Fsp3) is 0.241. The zero-order valence-corrected chi connectivity index (χ0v) is 20.7. The van der Waals surface area contributed by atoms with Crippen molar-refractivity contribution in [1.29, 1.82) is 0 Å². The molecule has 0 amide bonds. The van der Waals surface area contributed by atoms with Crippen molar-refractivity contribution in [3.05, 3.63) is 108 Å². The van der Waals surface area contributed by atoms with Crippen LogP contribution in [-0.4, -0.2) is 54.6 Å². The van der Waals surface area contributed by atoms with Crippen LogP contribution in [0.15, 0.2) is 91.0 Å². The summed E-state index contributed by atoms with van der Waals surface area (Å²) in [7, 11) is 0. The Morgan fingerprint density at radius 2 is 1.05 bits per heavy atom. The number of esters is 4. The summed E-state index contributed by atoms with van der Waals surface area (Å²) in [5, 5.41) is 0. The highest BCUT2D eigenvalue weighted by Crippen LogP contribution is 2.32. The third-order valence-electron chi connectivity index (χ3n) is 5.76. The number of hydrogen-bond donors (Lipinski definition) is 0. The molecule has 4 rings (SSSR count). The Labute approximate surface area is 219 Å². The topological polar surface area (TPSA) is 114 Å². The minimum atomic E-state index is -1.42. The van der Waals surface area contributed by atoms with Crippen LogP contribution < -0.4 is 0 Å². The van der Waals surface area contributed by atoms with Gasteiger partial charge in [0.15, 0.2) is 6.10 Å². The van der Waals surface area contributed by atoms with Crippen LogP contribution in [0.3, 0.4) is 0 Å². The minimum absolute atomic E-state index is 0.231. The molecule has 9 nitrogen and oxygen atoms in total. The van der Waals surface area contributed by atoms with E-state index in [1.807, 2.05) is 0 Å². The highest BCUT2D eigenvalue weighted by atomic mass is 16.8. The first kappa shape index (κ1) is 26.6. The van der Waals surface area contributed by atoms with Gasteiger partial charge in [-0.1, -0.05) is 54.6 Å². The van der Waals surface area contributed by atoms with Crippen LogP contribution in [0.25, 0.3) is 0 Å². The predicted molar refractivity (Wildman–Crippen MR) is 133 cm³/mol. The largest absolute Gasteiger partial charge is 0.456 e. The van der Waals surface area contributed by atoms with Crippen molar-refractivity contribution in [3.63, 3.8) is 0 Å². The lowest BCUT2D eigenvalue weighted by Gasteiger charge is -2.26. The molecule has 1 aliphatic rings. The van der Waals surface area contributed by atoms with Gasteiger partial charge in [-0.25, -0.2) is 14.4 Å². The second-order valence-corrected chi connectivity index (χ2v) is 8.53. The maximum absolute atomic E-state index is 13.0. The maximum atomic E-state index is 13.0. The molecule has 3 aromatic rings. The minimum Gasteiger partial charge on any atom is -0.456 e. The lowest BCUT2D eigenvalue weighted by atomic mass is 10.1. The van der Waals surface area contributed by atoms with Crippen molar-refractivity contribution in [2.24, 2.45) is 0 Å². The van der Waals surface area contributed by atoms with Gasteiger partial charge in [0.25, 0.3) is 0 Å². The molecule has 1 saturated heterocycles.